The Morgan fingerprint density at radius 2 is 2.26 bits per heavy atom. The summed E-state index contributed by atoms with van der Waals surface area (Å²) in [5, 5.41) is 22.1. The lowest BCUT2D eigenvalue weighted by Crippen LogP contribution is -2.38. The molecule has 8 heteroatoms. The van der Waals surface area contributed by atoms with Crippen LogP contribution in [0.2, 0.25) is 5.15 Å². The molecule has 104 valence electrons. The zero-order valence-electron chi connectivity index (χ0n) is 10.5. The smallest absolute Gasteiger partial charge is 0.319 e. The van der Waals surface area contributed by atoms with Crippen LogP contribution >= 0.6 is 11.6 Å². The van der Waals surface area contributed by atoms with E-state index in [0.717, 1.165) is 0 Å². The van der Waals surface area contributed by atoms with Crippen LogP contribution in [-0.2, 0) is 0 Å². The monoisotopic (exact) mass is 287 g/mol. The highest BCUT2D eigenvalue weighted by Crippen LogP contribution is 2.26. The van der Waals surface area contributed by atoms with Crippen LogP contribution in [0, 0.1) is 16.0 Å². The van der Waals surface area contributed by atoms with Crippen molar-refractivity contribution >= 4 is 23.2 Å². The molecule has 0 bridgehead atoms. The Morgan fingerprint density at radius 1 is 1.63 bits per heavy atom. The van der Waals surface area contributed by atoms with Gasteiger partial charge in [0.2, 0.25) is 5.15 Å². The summed E-state index contributed by atoms with van der Waals surface area (Å²) in [4.78, 5) is 25.7. The first-order valence-corrected chi connectivity index (χ1v) is 5.96. The number of nitrogens with one attached hydrogen (secondary N) is 1. The minimum absolute atomic E-state index is 0.0966. The number of nitro groups is 1. The summed E-state index contributed by atoms with van der Waals surface area (Å²) < 4.78 is 0. The molecule has 0 spiro atoms. The minimum Gasteiger partial charge on any atom is -0.396 e. The molecule has 0 aliphatic carbocycles. The molecule has 1 aromatic heterocycles. The van der Waals surface area contributed by atoms with Crippen LogP contribution in [0.15, 0.2) is 12.3 Å². The third-order valence-electron chi connectivity index (χ3n) is 2.81. The second-order valence-electron chi connectivity index (χ2n) is 4.18. The number of pyridine rings is 1. The average molecular weight is 288 g/mol. The molecule has 2 atom stereocenters. The van der Waals surface area contributed by atoms with E-state index in [2.05, 4.69) is 10.3 Å². The molecule has 0 saturated carbocycles. The maximum absolute atomic E-state index is 12.0. The van der Waals surface area contributed by atoms with Gasteiger partial charge < -0.3 is 10.4 Å². The predicted octanol–water partition coefficient (Wildman–Crippen LogP) is 1.39. The van der Waals surface area contributed by atoms with Crippen LogP contribution in [0.4, 0.5) is 5.69 Å². The second-order valence-corrected chi connectivity index (χ2v) is 4.54. The van der Waals surface area contributed by atoms with Crippen molar-refractivity contribution in [1.82, 2.24) is 10.3 Å². The van der Waals surface area contributed by atoms with Gasteiger partial charge in [-0.1, -0.05) is 18.5 Å². The van der Waals surface area contributed by atoms with Gasteiger partial charge in [0.15, 0.2) is 0 Å². The van der Waals surface area contributed by atoms with Gasteiger partial charge in [0.05, 0.1) is 4.92 Å². The summed E-state index contributed by atoms with van der Waals surface area (Å²) in [6, 6.07) is 0.902. The van der Waals surface area contributed by atoms with Gasteiger partial charge in [-0.3, -0.25) is 14.9 Å². The zero-order chi connectivity index (χ0) is 14.6. The number of rotatable bonds is 5. The van der Waals surface area contributed by atoms with Crippen LogP contribution < -0.4 is 5.32 Å². The van der Waals surface area contributed by atoms with Crippen LogP contribution in [0.1, 0.15) is 24.2 Å². The van der Waals surface area contributed by atoms with Gasteiger partial charge >= 0.3 is 5.69 Å². The summed E-state index contributed by atoms with van der Waals surface area (Å²) in [5.74, 6) is -0.788. The van der Waals surface area contributed by atoms with E-state index in [9.17, 15) is 14.9 Å². The number of aliphatic hydroxyl groups is 1. The van der Waals surface area contributed by atoms with Crippen molar-refractivity contribution in [2.24, 2.45) is 5.92 Å². The summed E-state index contributed by atoms with van der Waals surface area (Å²) >= 11 is 5.62. The quantitative estimate of drug-likeness (QED) is 0.483. The number of hydrogen-bond acceptors (Lipinski definition) is 5. The van der Waals surface area contributed by atoms with E-state index in [4.69, 9.17) is 16.7 Å². The Morgan fingerprint density at radius 3 is 2.79 bits per heavy atom. The van der Waals surface area contributed by atoms with Gasteiger partial charge in [0.25, 0.3) is 5.91 Å². The minimum atomic E-state index is -0.746. The van der Waals surface area contributed by atoms with Gasteiger partial charge in [-0.15, -0.1) is 0 Å². The summed E-state index contributed by atoms with van der Waals surface area (Å²) in [6.07, 6.45) is 1.23. The molecule has 1 amide bonds. The van der Waals surface area contributed by atoms with E-state index in [-0.39, 0.29) is 29.3 Å². The largest absolute Gasteiger partial charge is 0.396 e. The van der Waals surface area contributed by atoms with Gasteiger partial charge in [0, 0.05) is 18.8 Å². The van der Waals surface area contributed by atoms with Crippen molar-refractivity contribution < 1.29 is 14.8 Å². The fourth-order valence-electron chi connectivity index (χ4n) is 1.37. The highest BCUT2D eigenvalue weighted by Gasteiger charge is 2.26. The molecule has 0 fully saturated rings. The Bertz CT molecular complexity index is 495. The zero-order valence-corrected chi connectivity index (χ0v) is 11.2. The van der Waals surface area contributed by atoms with E-state index in [1.165, 1.54) is 12.3 Å². The number of aliphatic hydroxyl groups excluding tert-OH is 1. The summed E-state index contributed by atoms with van der Waals surface area (Å²) in [5.41, 5.74) is -0.674. The molecule has 1 rings (SSSR count). The third kappa shape index (κ3) is 3.62. The SMILES string of the molecule is CC(CO)C(C)NC(=O)c1ccnc(Cl)c1[N+](=O)[O-]. The van der Waals surface area contributed by atoms with Crippen LogP contribution in [0.25, 0.3) is 0 Å². The van der Waals surface area contributed by atoms with Crippen LogP contribution in [0.5, 0.6) is 0 Å². The third-order valence-corrected chi connectivity index (χ3v) is 3.08. The van der Waals surface area contributed by atoms with Gasteiger partial charge in [0.1, 0.15) is 5.56 Å². The van der Waals surface area contributed by atoms with Crippen molar-refractivity contribution in [2.45, 2.75) is 19.9 Å². The topological polar surface area (TPSA) is 105 Å². The second kappa shape index (κ2) is 6.44. The fraction of sp³-hybridized carbons (Fsp3) is 0.455. The highest BCUT2D eigenvalue weighted by molar-refractivity contribution is 6.32. The maximum Gasteiger partial charge on any atom is 0.319 e. The Kier molecular flexibility index (Phi) is 5.20. The number of nitrogens with zero attached hydrogens (tertiary/aromatic N) is 2. The van der Waals surface area contributed by atoms with E-state index in [0.29, 0.717) is 0 Å². The van der Waals surface area contributed by atoms with Crippen molar-refractivity contribution in [1.29, 1.82) is 0 Å². The standard InChI is InChI=1S/C11H14ClN3O4/c1-6(5-16)7(2)14-11(17)8-3-4-13-10(12)9(8)15(18)19/h3-4,6-7,16H,5H2,1-2H3,(H,14,17). The van der Waals surface area contributed by atoms with E-state index < -0.39 is 16.5 Å². The van der Waals surface area contributed by atoms with E-state index in [1.54, 1.807) is 13.8 Å². The molecule has 7 nitrogen and oxygen atoms in total. The van der Waals surface area contributed by atoms with Gasteiger partial charge in [-0.2, -0.15) is 0 Å². The average Bonchev–Trinajstić information content (AvgIpc) is 2.36. The van der Waals surface area contributed by atoms with E-state index in [1.807, 2.05) is 0 Å². The molecule has 0 radical (unpaired) electrons. The molecule has 0 saturated heterocycles. The molecule has 0 aliphatic heterocycles. The molecule has 1 aromatic rings. The number of carbonyl (C=O) groups is 1. The summed E-state index contributed by atoms with van der Waals surface area (Å²) in [6.45, 7) is 3.35. The molecule has 0 aromatic carbocycles. The van der Waals surface area contributed by atoms with Crippen LogP contribution in [-0.4, -0.2) is 33.6 Å². The highest BCUT2D eigenvalue weighted by atomic mass is 35.5. The van der Waals surface area contributed by atoms with Crippen molar-refractivity contribution in [3.05, 3.63) is 33.1 Å². The maximum atomic E-state index is 12.0. The fourth-order valence-corrected chi connectivity index (χ4v) is 1.60. The van der Waals surface area contributed by atoms with Crippen molar-refractivity contribution in [2.75, 3.05) is 6.61 Å². The van der Waals surface area contributed by atoms with Crippen molar-refractivity contribution in [3.8, 4) is 0 Å². The van der Waals surface area contributed by atoms with Crippen LogP contribution in [0.3, 0.4) is 0 Å². The molecular formula is C11H14ClN3O4. The molecule has 0 aliphatic rings. The first-order chi connectivity index (χ1) is 8.88. The number of halogens is 1. The number of carbonyl (C=O) groups excluding carboxylic acids is 1. The normalized spacial score (nSPS) is 13.7. The Balaban J connectivity index is 3.01. The first-order valence-electron chi connectivity index (χ1n) is 5.59. The van der Waals surface area contributed by atoms with Gasteiger partial charge in [-0.25, -0.2) is 4.98 Å². The molecule has 19 heavy (non-hydrogen) atoms. The Hall–Kier alpha value is -1.73. The lowest BCUT2D eigenvalue weighted by atomic mass is 10.0. The number of amides is 1. The lowest BCUT2D eigenvalue weighted by Gasteiger charge is -2.19. The molecule has 2 N–H and O–H groups in total. The number of aromatic nitrogens is 1. The predicted molar refractivity (Wildman–Crippen MR) is 69.1 cm³/mol. The van der Waals surface area contributed by atoms with Crippen molar-refractivity contribution in [3.63, 3.8) is 0 Å². The lowest BCUT2D eigenvalue weighted by molar-refractivity contribution is -0.385. The number of hydrogen-bond donors (Lipinski definition) is 2. The van der Waals surface area contributed by atoms with Gasteiger partial charge in [-0.05, 0) is 18.9 Å². The van der Waals surface area contributed by atoms with E-state index >= 15 is 0 Å². The Labute approximate surface area is 114 Å². The molecular weight excluding hydrogens is 274 g/mol. The molecule has 2 unspecified atom stereocenters. The molecule has 1 heterocycles. The first kappa shape index (κ1) is 15.3. The summed E-state index contributed by atoms with van der Waals surface area (Å²) in [7, 11) is 0.